The Morgan fingerprint density at radius 2 is 2.18 bits per heavy atom. The van der Waals surface area contributed by atoms with Gasteiger partial charge in [0.05, 0.1) is 5.69 Å². The maximum absolute atomic E-state index is 6.13. The molecule has 1 fully saturated rings. The Kier molecular flexibility index (Phi) is 3.18. The van der Waals surface area contributed by atoms with E-state index in [0.29, 0.717) is 6.10 Å². The zero-order valence-corrected chi connectivity index (χ0v) is 10.2. The van der Waals surface area contributed by atoms with E-state index in [4.69, 9.17) is 4.74 Å². The minimum Gasteiger partial charge on any atom is -0.487 e. The van der Waals surface area contributed by atoms with Crippen molar-refractivity contribution in [3.05, 3.63) is 23.8 Å². The SMILES string of the molecule is c1cc2c(c(OC3CCCNC3)c1)NCCC2. The number of benzene rings is 1. The fourth-order valence-electron chi connectivity index (χ4n) is 2.68. The molecule has 1 unspecified atom stereocenters. The van der Waals surface area contributed by atoms with Gasteiger partial charge < -0.3 is 15.4 Å². The van der Waals surface area contributed by atoms with E-state index in [9.17, 15) is 0 Å². The van der Waals surface area contributed by atoms with E-state index >= 15 is 0 Å². The zero-order valence-electron chi connectivity index (χ0n) is 10.2. The molecule has 2 N–H and O–H groups in total. The van der Waals surface area contributed by atoms with E-state index in [-0.39, 0.29) is 0 Å². The van der Waals surface area contributed by atoms with Gasteiger partial charge in [-0.05, 0) is 43.9 Å². The summed E-state index contributed by atoms with van der Waals surface area (Å²) in [5.41, 5.74) is 2.63. The van der Waals surface area contributed by atoms with E-state index in [1.165, 1.54) is 30.5 Å². The predicted octanol–water partition coefficient (Wildman–Crippen LogP) is 2.18. The molecule has 0 bridgehead atoms. The number of ether oxygens (including phenoxy) is 1. The van der Waals surface area contributed by atoms with Gasteiger partial charge in [-0.2, -0.15) is 0 Å². The van der Waals surface area contributed by atoms with Crippen LogP contribution in [0.3, 0.4) is 0 Å². The molecule has 3 heteroatoms. The maximum Gasteiger partial charge on any atom is 0.143 e. The molecule has 3 nitrogen and oxygen atoms in total. The predicted molar refractivity (Wildman–Crippen MR) is 69.8 cm³/mol. The number of para-hydroxylation sites is 1. The molecular formula is C14H20N2O. The third-order valence-corrected chi connectivity index (χ3v) is 3.58. The Bertz CT molecular complexity index is 386. The van der Waals surface area contributed by atoms with E-state index in [1.807, 2.05) is 0 Å². The molecule has 1 saturated heterocycles. The van der Waals surface area contributed by atoms with Crippen LogP contribution in [0, 0.1) is 0 Å². The molecule has 0 saturated carbocycles. The van der Waals surface area contributed by atoms with Crippen molar-refractivity contribution in [2.45, 2.75) is 31.8 Å². The lowest BCUT2D eigenvalue weighted by Gasteiger charge is -2.27. The first-order valence-electron chi connectivity index (χ1n) is 6.66. The summed E-state index contributed by atoms with van der Waals surface area (Å²) in [6, 6.07) is 6.40. The van der Waals surface area contributed by atoms with Gasteiger partial charge in [0.25, 0.3) is 0 Å². The van der Waals surface area contributed by atoms with Crippen molar-refractivity contribution in [3.8, 4) is 5.75 Å². The number of anilines is 1. The zero-order chi connectivity index (χ0) is 11.5. The molecule has 1 aromatic carbocycles. The minimum absolute atomic E-state index is 0.332. The van der Waals surface area contributed by atoms with Gasteiger partial charge in [-0.25, -0.2) is 0 Å². The third kappa shape index (κ3) is 2.39. The van der Waals surface area contributed by atoms with E-state index in [0.717, 1.165) is 31.8 Å². The molecule has 1 atom stereocenters. The smallest absolute Gasteiger partial charge is 0.143 e. The molecule has 3 rings (SSSR count). The normalized spacial score (nSPS) is 23.6. The highest BCUT2D eigenvalue weighted by molar-refractivity contribution is 5.63. The molecule has 1 aromatic rings. The maximum atomic E-state index is 6.13. The third-order valence-electron chi connectivity index (χ3n) is 3.58. The van der Waals surface area contributed by atoms with Crippen LogP contribution in [0.25, 0.3) is 0 Å². The first-order chi connectivity index (χ1) is 8.43. The van der Waals surface area contributed by atoms with Crippen LogP contribution in [-0.4, -0.2) is 25.7 Å². The quantitative estimate of drug-likeness (QED) is 0.820. The average molecular weight is 232 g/mol. The number of hydrogen-bond acceptors (Lipinski definition) is 3. The van der Waals surface area contributed by atoms with Crippen molar-refractivity contribution in [2.24, 2.45) is 0 Å². The summed E-state index contributed by atoms with van der Waals surface area (Å²) in [5.74, 6) is 1.04. The Morgan fingerprint density at radius 1 is 1.18 bits per heavy atom. The van der Waals surface area contributed by atoms with E-state index in [1.54, 1.807) is 0 Å². The lowest BCUT2D eigenvalue weighted by Crippen LogP contribution is -2.37. The highest BCUT2D eigenvalue weighted by Crippen LogP contribution is 2.33. The second-order valence-electron chi connectivity index (χ2n) is 4.91. The first-order valence-corrected chi connectivity index (χ1v) is 6.66. The van der Waals surface area contributed by atoms with Crippen LogP contribution in [0.2, 0.25) is 0 Å². The van der Waals surface area contributed by atoms with Crippen LogP contribution >= 0.6 is 0 Å². The van der Waals surface area contributed by atoms with Gasteiger partial charge in [0.1, 0.15) is 11.9 Å². The summed E-state index contributed by atoms with van der Waals surface area (Å²) >= 11 is 0. The van der Waals surface area contributed by atoms with Crippen molar-refractivity contribution >= 4 is 5.69 Å². The van der Waals surface area contributed by atoms with E-state index in [2.05, 4.69) is 28.8 Å². The monoisotopic (exact) mass is 232 g/mol. The number of hydrogen-bond donors (Lipinski definition) is 2. The Labute approximate surface area is 103 Å². The van der Waals surface area contributed by atoms with E-state index < -0.39 is 0 Å². The summed E-state index contributed by atoms with van der Waals surface area (Å²) < 4.78 is 6.13. The first kappa shape index (κ1) is 10.9. The van der Waals surface area contributed by atoms with Gasteiger partial charge >= 0.3 is 0 Å². The van der Waals surface area contributed by atoms with Crippen molar-refractivity contribution < 1.29 is 4.74 Å². The van der Waals surface area contributed by atoms with Gasteiger partial charge in [-0.15, -0.1) is 0 Å². The summed E-state index contributed by atoms with van der Waals surface area (Å²) in [7, 11) is 0. The minimum atomic E-state index is 0.332. The van der Waals surface area contributed by atoms with Gasteiger partial charge in [0.2, 0.25) is 0 Å². The lowest BCUT2D eigenvalue weighted by atomic mass is 10.0. The molecule has 0 aliphatic carbocycles. The Balaban J connectivity index is 1.77. The van der Waals surface area contributed by atoms with Gasteiger partial charge in [-0.3, -0.25) is 0 Å². The van der Waals surface area contributed by atoms with Crippen LogP contribution in [0.4, 0.5) is 5.69 Å². The summed E-state index contributed by atoms with van der Waals surface area (Å²) in [6.07, 6.45) is 5.10. The molecule has 92 valence electrons. The molecule has 0 spiro atoms. The van der Waals surface area contributed by atoms with Crippen LogP contribution < -0.4 is 15.4 Å². The van der Waals surface area contributed by atoms with Crippen LogP contribution in [-0.2, 0) is 6.42 Å². The second kappa shape index (κ2) is 4.96. The topological polar surface area (TPSA) is 33.3 Å². The molecule has 2 heterocycles. The number of fused-ring (bicyclic) bond motifs is 1. The molecule has 2 aliphatic rings. The number of piperidine rings is 1. The largest absolute Gasteiger partial charge is 0.487 e. The van der Waals surface area contributed by atoms with Crippen molar-refractivity contribution in [1.29, 1.82) is 0 Å². The molecule has 0 amide bonds. The Morgan fingerprint density at radius 3 is 3.06 bits per heavy atom. The van der Waals surface area contributed by atoms with Crippen LogP contribution in [0.5, 0.6) is 5.75 Å². The fourth-order valence-corrected chi connectivity index (χ4v) is 2.68. The average Bonchev–Trinajstić information content (AvgIpc) is 2.40. The fraction of sp³-hybridized carbons (Fsp3) is 0.571. The van der Waals surface area contributed by atoms with Gasteiger partial charge in [0, 0.05) is 13.1 Å². The van der Waals surface area contributed by atoms with Gasteiger partial charge in [-0.1, -0.05) is 12.1 Å². The number of rotatable bonds is 2. The van der Waals surface area contributed by atoms with Crippen molar-refractivity contribution in [3.63, 3.8) is 0 Å². The van der Waals surface area contributed by atoms with Crippen molar-refractivity contribution in [2.75, 3.05) is 25.0 Å². The van der Waals surface area contributed by atoms with Crippen molar-refractivity contribution in [1.82, 2.24) is 5.32 Å². The summed E-state index contributed by atoms with van der Waals surface area (Å²) in [5, 5.41) is 6.87. The Hall–Kier alpha value is -1.22. The molecular weight excluding hydrogens is 212 g/mol. The van der Waals surface area contributed by atoms with Crippen LogP contribution in [0.15, 0.2) is 18.2 Å². The number of nitrogens with one attached hydrogen (secondary N) is 2. The summed E-state index contributed by atoms with van der Waals surface area (Å²) in [6.45, 7) is 3.17. The standard InChI is InChI=1S/C14H20N2O/c1-4-11-5-2-9-16-14(11)13(7-1)17-12-6-3-8-15-10-12/h1,4,7,12,15-16H,2-3,5-6,8-10H2. The van der Waals surface area contributed by atoms with Gasteiger partial charge in [0.15, 0.2) is 0 Å². The molecule has 2 aliphatic heterocycles. The lowest BCUT2D eigenvalue weighted by molar-refractivity contribution is 0.168. The van der Waals surface area contributed by atoms with Crippen LogP contribution in [0.1, 0.15) is 24.8 Å². The number of aryl methyl sites for hydroxylation is 1. The molecule has 17 heavy (non-hydrogen) atoms. The highest BCUT2D eigenvalue weighted by Gasteiger charge is 2.18. The second-order valence-corrected chi connectivity index (χ2v) is 4.91. The highest BCUT2D eigenvalue weighted by atomic mass is 16.5. The molecule has 0 radical (unpaired) electrons. The summed E-state index contributed by atoms with van der Waals surface area (Å²) in [4.78, 5) is 0. The molecule has 0 aromatic heterocycles.